The molecule has 0 amide bonds. The average Bonchev–Trinajstić information content (AvgIpc) is 2.29. The molecule has 1 heterocycles. The summed E-state index contributed by atoms with van der Waals surface area (Å²) in [6, 6.07) is 11.4. The lowest BCUT2D eigenvalue weighted by molar-refractivity contribution is 0.198. The van der Waals surface area contributed by atoms with Crippen molar-refractivity contribution in [3.63, 3.8) is 0 Å². The Morgan fingerprint density at radius 2 is 1.76 bits per heavy atom. The van der Waals surface area contributed by atoms with E-state index in [1.807, 2.05) is 43.3 Å². The fourth-order valence-corrected chi connectivity index (χ4v) is 1.92. The number of aliphatic hydroxyl groups excluding tert-OH is 1. The Bertz CT molecular complexity index is 520. The van der Waals surface area contributed by atoms with Crippen LogP contribution in [-0.4, -0.2) is 10.1 Å². The van der Waals surface area contributed by atoms with Crippen molar-refractivity contribution in [1.29, 1.82) is 0 Å². The smallest absolute Gasteiger partial charge is 0.0779 e. The standard InChI is InChI=1S/C14H14ClNO/c1-9-13(10(2)17)7-8-14(16-9)11-3-5-12(15)6-4-11/h3-8,10,17H,1-2H3. The SMILES string of the molecule is Cc1nc(-c2ccc(Cl)cc2)ccc1C(C)O. The summed E-state index contributed by atoms with van der Waals surface area (Å²) in [5.41, 5.74) is 3.63. The molecular weight excluding hydrogens is 234 g/mol. The third-order valence-corrected chi connectivity index (χ3v) is 2.97. The first-order valence-electron chi connectivity index (χ1n) is 5.49. The number of benzene rings is 1. The summed E-state index contributed by atoms with van der Waals surface area (Å²) in [5.74, 6) is 0. The number of aryl methyl sites for hydroxylation is 1. The summed E-state index contributed by atoms with van der Waals surface area (Å²) in [7, 11) is 0. The molecule has 1 aromatic heterocycles. The Hall–Kier alpha value is -1.38. The van der Waals surface area contributed by atoms with Crippen LogP contribution < -0.4 is 0 Å². The maximum atomic E-state index is 9.54. The third-order valence-electron chi connectivity index (χ3n) is 2.72. The van der Waals surface area contributed by atoms with E-state index in [0.717, 1.165) is 22.5 Å². The predicted molar refractivity (Wildman–Crippen MR) is 70.1 cm³/mol. The first-order valence-corrected chi connectivity index (χ1v) is 5.87. The van der Waals surface area contributed by atoms with Gasteiger partial charge in [-0.25, -0.2) is 0 Å². The van der Waals surface area contributed by atoms with E-state index in [0.29, 0.717) is 5.02 Å². The molecule has 0 radical (unpaired) electrons. The number of aromatic nitrogens is 1. The Kier molecular flexibility index (Phi) is 3.46. The van der Waals surface area contributed by atoms with Gasteiger partial charge in [-0.2, -0.15) is 0 Å². The van der Waals surface area contributed by atoms with Crippen LogP contribution in [0.4, 0.5) is 0 Å². The van der Waals surface area contributed by atoms with Crippen LogP contribution in [0, 0.1) is 6.92 Å². The van der Waals surface area contributed by atoms with Crippen molar-refractivity contribution in [2.24, 2.45) is 0 Å². The zero-order chi connectivity index (χ0) is 12.4. The molecule has 1 N–H and O–H groups in total. The van der Waals surface area contributed by atoms with E-state index >= 15 is 0 Å². The van der Waals surface area contributed by atoms with Gasteiger partial charge in [0.2, 0.25) is 0 Å². The highest BCUT2D eigenvalue weighted by Gasteiger charge is 2.07. The van der Waals surface area contributed by atoms with E-state index in [-0.39, 0.29) is 0 Å². The molecule has 0 aliphatic heterocycles. The molecule has 0 saturated heterocycles. The normalized spacial score (nSPS) is 12.5. The number of halogens is 1. The van der Waals surface area contributed by atoms with E-state index in [9.17, 15) is 5.11 Å². The van der Waals surface area contributed by atoms with Crippen LogP contribution in [0.15, 0.2) is 36.4 Å². The van der Waals surface area contributed by atoms with E-state index in [4.69, 9.17) is 11.6 Å². The summed E-state index contributed by atoms with van der Waals surface area (Å²) in [6.45, 7) is 3.65. The molecule has 2 nitrogen and oxygen atoms in total. The van der Waals surface area contributed by atoms with E-state index in [2.05, 4.69) is 4.98 Å². The minimum absolute atomic E-state index is 0.484. The molecule has 17 heavy (non-hydrogen) atoms. The van der Waals surface area contributed by atoms with E-state index in [1.165, 1.54) is 0 Å². The Balaban J connectivity index is 2.41. The average molecular weight is 248 g/mol. The van der Waals surface area contributed by atoms with Crippen LogP contribution in [0.3, 0.4) is 0 Å². The van der Waals surface area contributed by atoms with Crippen molar-refractivity contribution in [2.75, 3.05) is 0 Å². The van der Waals surface area contributed by atoms with E-state index < -0.39 is 6.10 Å². The molecule has 1 unspecified atom stereocenters. The van der Waals surface area contributed by atoms with Crippen molar-refractivity contribution < 1.29 is 5.11 Å². The van der Waals surface area contributed by atoms with E-state index in [1.54, 1.807) is 6.92 Å². The Morgan fingerprint density at radius 1 is 1.12 bits per heavy atom. The van der Waals surface area contributed by atoms with Gasteiger partial charge in [-0.3, -0.25) is 4.98 Å². The molecule has 0 aliphatic rings. The van der Waals surface area contributed by atoms with Gasteiger partial charge >= 0.3 is 0 Å². The molecule has 0 aliphatic carbocycles. The maximum Gasteiger partial charge on any atom is 0.0779 e. The van der Waals surface area contributed by atoms with Crippen LogP contribution in [-0.2, 0) is 0 Å². The number of hydrogen-bond donors (Lipinski definition) is 1. The Morgan fingerprint density at radius 3 is 2.29 bits per heavy atom. The molecule has 3 heteroatoms. The van der Waals surface area contributed by atoms with Gasteiger partial charge in [0.25, 0.3) is 0 Å². The van der Waals surface area contributed by atoms with Gasteiger partial charge in [-0.15, -0.1) is 0 Å². The largest absolute Gasteiger partial charge is 0.389 e. The minimum atomic E-state index is -0.484. The number of hydrogen-bond acceptors (Lipinski definition) is 2. The number of nitrogens with zero attached hydrogens (tertiary/aromatic N) is 1. The zero-order valence-electron chi connectivity index (χ0n) is 9.81. The fraction of sp³-hybridized carbons (Fsp3) is 0.214. The molecule has 1 aromatic carbocycles. The minimum Gasteiger partial charge on any atom is -0.389 e. The molecule has 88 valence electrons. The summed E-state index contributed by atoms with van der Waals surface area (Å²) in [5, 5.41) is 10.3. The summed E-state index contributed by atoms with van der Waals surface area (Å²) in [4.78, 5) is 4.49. The summed E-state index contributed by atoms with van der Waals surface area (Å²) in [6.07, 6.45) is -0.484. The Labute approximate surface area is 106 Å². The van der Waals surface area contributed by atoms with Gasteiger partial charge in [-0.05, 0) is 32.0 Å². The van der Waals surface area contributed by atoms with Crippen molar-refractivity contribution in [3.8, 4) is 11.3 Å². The topological polar surface area (TPSA) is 33.1 Å². The zero-order valence-corrected chi connectivity index (χ0v) is 10.6. The number of rotatable bonds is 2. The fourth-order valence-electron chi connectivity index (χ4n) is 1.79. The molecular formula is C14H14ClNO. The first kappa shape index (κ1) is 12.1. The van der Waals surface area contributed by atoms with Crippen molar-refractivity contribution >= 4 is 11.6 Å². The molecule has 1 atom stereocenters. The molecule has 2 rings (SSSR count). The molecule has 0 saturated carbocycles. The van der Waals surface area contributed by atoms with Crippen LogP contribution in [0.1, 0.15) is 24.3 Å². The lowest BCUT2D eigenvalue weighted by Gasteiger charge is -2.10. The highest BCUT2D eigenvalue weighted by atomic mass is 35.5. The molecule has 2 aromatic rings. The summed E-state index contributed by atoms with van der Waals surface area (Å²) < 4.78 is 0. The van der Waals surface area contributed by atoms with Crippen LogP contribution in [0.2, 0.25) is 5.02 Å². The second kappa shape index (κ2) is 4.86. The number of aliphatic hydroxyl groups is 1. The molecule has 0 bridgehead atoms. The van der Waals surface area contributed by atoms with Crippen molar-refractivity contribution in [3.05, 3.63) is 52.7 Å². The monoisotopic (exact) mass is 247 g/mol. The predicted octanol–water partition coefficient (Wildman–Crippen LogP) is 3.76. The number of pyridine rings is 1. The molecule has 0 spiro atoms. The van der Waals surface area contributed by atoms with Gasteiger partial charge in [0.1, 0.15) is 0 Å². The van der Waals surface area contributed by atoms with Crippen molar-refractivity contribution in [2.45, 2.75) is 20.0 Å². The second-order valence-corrected chi connectivity index (χ2v) is 4.49. The quantitative estimate of drug-likeness (QED) is 0.877. The van der Waals surface area contributed by atoms with Gasteiger partial charge in [0.05, 0.1) is 11.8 Å². The highest BCUT2D eigenvalue weighted by Crippen LogP contribution is 2.23. The van der Waals surface area contributed by atoms with Gasteiger partial charge < -0.3 is 5.11 Å². The van der Waals surface area contributed by atoms with Crippen LogP contribution in [0.25, 0.3) is 11.3 Å². The van der Waals surface area contributed by atoms with Gasteiger partial charge in [0.15, 0.2) is 0 Å². The first-order chi connectivity index (χ1) is 8.08. The van der Waals surface area contributed by atoms with Crippen molar-refractivity contribution in [1.82, 2.24) is 4.98 Å². The maximum absolute atomic E-state index is 9.54. The second-order valence-electron chi connectivity index (χ2n) is 4.05. The highest BCUT2D eigenvalue weighted by molar-refractivity contribution is 6.30. The lowest BCUT2D eigenvalue weighted by Crippen LogP contribution is -1.98. The third kappa shape index (κ3) is 2.65. The van der Waals surface area contributed by atoms with Gasteiger partial charge in [0, 0.05) is 21.8 Å². The van der Waals surface area contributed by atoms with Crippen LogP contribution in [0.5, 0.6) is 0 Å². The molecule has 0 fully saturated rings. The lowest BCUT2D eigenvalue weighted by atomic mass is 10.1. The van der Waals surface area contributed by atoms with Crippen LogP contribution >= 0.6 is 11.6 Å². The summed E-state index contributed by atoms with van der Waals surface area (Å²) >= 11 is 5.84. The van der Waals surface area contributed by atoms with Gasteiger partial charge in [-0.1, -0.05) is 29.8 Å².